The number of rotatable bonds is 11. The van der Waals surface area contributed by atoms with Crippen molar-refractivity contribution in [1.82, 2.24) is 5.32 Å². The van der Waals surface area contributed by atoms with Crippen LogP contribution >= 0.6 is 0 Å². The van der Waals surface area contributed by atoms with Gasteiger partial charge in [-0.1, -0.05) is 12.5 Å². The maximum Gasteiger partial charge on any atom is 0.303 e. The van der Waals surface area contributed by atoms with E-state index in [2.05, 4.69) is 5.32 Å². The molecule has 1 aromatic rings. The molecule has 0 bridgehead atoms. The molecule has 0 amide bonds. The molecule has 2 N–H and O–H groups in total. The minimum atomic E-state index is -0.718. The smallest absolute Gasteiger partial charge is 0.303 e. The molecule has 0 aliphatic carbocycles. The van der Waals surface area contributed by atoms with Gasteiger partial charge in [-0.05, 0) is 44.0 Å². The highest BCUT2D eigenvalue weighted by Crippen LogP contribution is 2.27. The van der Waals surface area contributed by atoms with Gasteiger partial charge in [-0.3, -0.25) is 4.79 Å². The number of hydrogen-bond donors (Lipinski definition) is 2. The summed E-state index contributed by atoms with van der Waals surface area (Å²) in [4.78, 5) is 10.4. The Hall–Kier alpha value is -1.75. The first kappa shape index (κ1) is 17.3. The lowest BCUT2D eigenvalue weighted by atomic mass is 10.1. The Labute approximate surface area is 126 Å². The molecule has 21 heavy (non-hydrogen) atoms. The van der Waals surface area contributed by atoms with Gasteiger partial charge in [0.05, 0.1) is 13.7 Å². The Morgan fingerprint density at radius 1 is 1.24 bits per heavy atom. The summed E-state index contributed by atoms with van der Waals surface area (Å²) >= 11 is 0. The highest BCUT2D eigenvalue weighted by atomic mass is 16.5. The van der Waals surface area contributed by atoms with Crippen molar-refractivity contribution >= 4 is 5.97 Å². The predicted molar refractivity (Wildman–Crippen MR) is 82.0 cm³/mol. The van der Waals surface area contributed by atoms with Gasteiger partial charge in [-0.2, -0.15) is 0 Å². The van der Waals surface area contributed by atoms with Crippen molar-refractivity contribution in [2.45, 2.75) is 39.2 Å². The van der Waals surface area contributed by atoms with E-state index in [1.54, 1.807) is 7.11 Å². The van der Waals surface area contributed by atoms with E-state index in [1.165, 1.54) is 0 Å². The molecule has 0 unspecified atom stereocenters. The number of ether oxygens (including phenoxy) is 2. The van der Waals surface area contributed by atoms with Crippen molar-refractivity contribution in [2.75, 3.05) is 20.3 Å². The van der Waals surface area contributed by atoms with Crippen molar-refractivity contribution in [3.63, 3.8) is 0 Å². The van der Waals surface area contributed by atoms with Gasteiger partial charge < -0.3 is 19.9 Å². The molecule has 0 aromatic heterocycles. The van der Waals surface area contributed by atoms with Gasteiger partial charge in [0.1, 0.15) is 0 Å². The first-order valence-electron chi connectivity index (χ1n) is 7.39. The van der Waals surface area contributed by atoms with Crippen molar-refractivity contribution < 1.29 is 19.4 Å². The SMILES string of the molecule is CCOc1ccc(CNCCCCCC(=O)O)cc1OC. The zero-order chi connectivity index (χ0) is 15.5. The second-order valence-electron chi connectivity index (χ2n) is 4.80. The quantitative estimate of drug-likeness (QED) is 0.614. The molecule has 0 spiro atoms. The first-order valence-corrected chi connectivity index (χ1v) is 7.39. The Balaban J connectivity index is 2.27. The third-order valence-electron chi connectivity index (χ3n) is 3.10. The van der Waals surface area contributed by atoms with E-state index >= 15 is 0 Å². The Bertz CT molecular complexity index is 434. The standard InChI is InChI=1S/C16H25NO4/c1-3-21-14-9-8-13(11-15(14)20-2)12-17-10-6-4-5-7-16(18)19/h8-9,11,17H,3-7,10,12H2,1-2H3,(H,18,19). The Morgan fingerprint density at radius 2 is 2.05 bits per heavy atom. The van der Waals surface area contributed by atoms with E-state index in [4.69, 9.17) is 14.6 Å². The molecule has 118 valence electrons. The summed E-state index contributed by atoms with van der Waals surface area (Å²) < 4.78 is 10.8. The first-order chi connectivity index (χ1) is 10.2. The average molecular weight is 295 g/mol. The van der Waals surface area contributed by atoms with Crippen molar-refractivity contribution in [3.8, 4) is 11.5 Å². The highest BCUT2D eigenvalue weighted by molar-refractivity contribution is 5.66. The summed E-state index contributed by atoms with van der Waals surface area (Å²) in [6.07, 6.45) is 2.93. The fraction of sp³-hybridized carbons (Fsp3) is 0.562. The predicted octanol–water partition coefficient (Wildman–Crippen LogP) is 2.83. The zero-order valence-electron chi connectivity index (χ0n) is 12.9. The molecule has 0 fully saturated rings. The van der Waals surface area contributed by atoms with Crippen LogP contribution in [0.15, 0.2) is 18.2 Å². The molecule has 5 nitrogen and oxygen atoms in total. The minimum absolute atomic E-state index is 0.260. The maximum absolute atomic E-state index is 10.4. The topological polar surface area (TPSA) is 67.8 Å². The van der Waals surface area contributed by atoms with E-state index in [-0.39, 0.29) is 6.42 Å². The van der Waals surface area contributed by atoms with Crippen LogP contribution in [-0.4, -0.2) is 31.3 Å². The zero-order valence-corrected chi connectivity index (χ0v) is 12.9. The summed E-state index contributed by atoms with van der Waals surface area (Å²) in [5, 5.41) is 11.9. The largest absolute Gasteiger partial charge is 0.493 e. The number of aliphatic carboxylic acids is 1. The van der Waals surface area contributed by atoms with Crippen LogP contribution < -0.4 is 14.8 Å². The number of hydrogen-bond acceptors (Lipinski definition) is 4. The van der Waals surface area contributed by atoms with Crippen LogP contribution in [0.25, 0.3) is 0 Å². The number of nitrogens with one attached hydrogen (secondary N) is 1. The van der Waals surface area contributed by atoms with E-state index in [1.807, 2.05) is 25.1 Å². The van der Waals surface area contributed by atoms with E-state index in [9.17, 15) is 4.79 Å². The second-order valence-corrected chi connectivity index (χ2v) is 4.80. The van der Waals surface area contributed by atoms with Crippen LogP contribution in [0.5, 0.6) is 11.5 Å². The van der Waals surface area contributed by atoms with Crippen LogP contribution in [0.1, 0.15) is 38.2 Å². The number of benzene rings is 1. The number of carboxylic acids is 1. The molecule has 0 aliphatic rings. The monoisotopic (exact) mass is 295 g/mol. The van der Waals surface area contributed by atoms with Crippen molar-refractivity contribution in [2.24, 2.45) is 0 Å². The minimum Gasteiger partial charge on any atom is -0.493 e. The summed E-state index contributed by atoms with van der Waals surface area (Å²) in [5.41, 5.74) is 1.14. The number of carbonyl (C=O) groups is 1. The van der Waals surface area contributed by atoms with Gasteiger partial charge in [0.25, 0.3) is 0 Å². The number of methoxy groups -OCH3 is 1. The van der Waals surface area contributed by atoms with Crippen LogP contribution in [-0.2, 0) is 11.3 Å². The normalized spacial score (nSPS) is 10.4. The average Bonchev–Trinajstić information content (AvgIpc) is 2.47. The lowest BCUT2D eigenvalue weighted by molar-refractivity contribution is -0.137. The number of carboxylic acid groups (broad SMARTS) is 1. The highest BCUT2D eigenvalue weighted by Gasteiger charge is 2.05. The fourth-order valence-corrected chi connectivity index (χ4v) is 2.03. The summed E-state index contributed by atoms with van der Waals surface area (Å²) in [6.45, 7) is 4.21. The molecule has 0 heterocycles. The van der Waals surface area contributed by atoms with Gasteiger partial charge in [-0.15, -0.1) is 0 Å². The van der Waals surface area contributed by atoms with Crippen LogP contribution in [0.3, 0.4) is 0 Å². The van der Waals surface area contributed by atoms with Gasteiger partial charge in [0.15, 0.2) is 11.5 Å². The molecule has 0 saturated carbocycles. The lowest BCUT2D eigenvalue weighted by Gasteiger charge is -2.11. The van der Waals surface area contributed by atoms with Gasteiger partial charge in [0, 0.05) is 13.0 Å². The molecule has 5 heteroatoms. The molecule has 1 aromatic carbocycles. The summed E-state index contributed by atoms with van der Waals surface area (Å²) in [7, 11) is 1.64. The van der Waals surface area contributed by atoms with Crippen LogP contribution in [0.4, 0.5) is 0 Å². The molecular weight excluding hydrogens is 270 g/mol. The summed E-state index contributed by atoms with van der Waals surface area (Å²) in [5.74, 6) is 0.791. The molecular formula is C16H25NO4. The van der Waals surface area contributed by atoms with Crippen molar-refractivity contribution in [3.05, 3.63) is 23.8 Å². The lowest BCUT2D eigenvalue weighted by Crippen LogP contribution is -2.14. The summed E-state index contributed by atoms with van der Waals surface area (Å²) in [6, 6.07) is 5.92. The third kappa shape index (κ3) is 6.99. The Kier molecular flexibility index (Phi) is 8.28. The van der Waals surface area contributed by atoms with E-state index < -0.39 is 5.97 Å². The van der Waals surface area contributed by atoms with Crippen molar-refractivity contribution in [1.29, 1.82) is 0 Å². The van der Waals surface area contributed by atoms with Gasteiger partial charge in [0.2, 0.25) is 0 Å². The van der Waals surface area contributed by atoms with Crippen LogP contribution in [0, 0.1) is 0 Å². The van der Waals surface area contributed by atoms with E-state index in [0.29, 0.717) is 6.61 Å². The maximum atomic E-state index is 10.4. The third-order valence-corrected chi connectivity index (χ3v) is 3.10. The van der Waals surface area contributed by atoms with Crippen LogP contribution in [0.2, 0.25) is 0 Å². The fourth-order valence-electron chi connectivity index (χ4n) is 2.03. The molecule has 0 aliphatic heterocycles. The molecule has 0 saturated heterocycles. The Morgan fingerprint density at radius 3 is 2.71 bits per heavy atom. The van der Waals surface area contributed by atoms with Gasteiger partial charge >= 0.3 is 5.97 Å². The van der Waals surface area contributed by atoms with Gasteiger partial charge in [-0.25, -0.2) is 0 Å². The second kappa shape index (κ2) is 10.0. The molecule has 0 radical (unpaired) electrons. The number of unbranched alkanes of at least 4 members (excludes halogenated alkanes) is 2. The molecule has 1 rings (SSSR count). The molecule has 0 atom stereocenters. The van der Waals surface area contributed by atoms with E-state index in [0.717, 1.165) is 49.4 Å².